The number of anilines is 1. The summed E-state index contributed by atoms with van der Waals surface area (Å²) in [7, 11) is 0. The maximum atomic E-state index is 10.3. The zero-order chi connectivity index (χ0) is 13.4. The van der Waals surface area contributed by atoms with Gasteiger partial charge in [-0.05, 0) is 31.9 Å². The van der Waals surface area contributed by atoms with E-state index < -0.39 is 5.97 Å². The molecule has 96 valence electrons. The smallest absolute Gasteiger partial charge is 0.303 e. The highest BCUT2D eigenvalue weighted by atomic mass is 16.4. The monoisotopic (exact) mass is 247 g/mol. The maximum absolute atomic E-state index is 10.3. The Kier molecular flexibility index (Phi) is 5.65. The van der Waals surface area contributed by atoms with Gasteiger partial charge in [0, 0.05) is 18.7 Å². The molecule has 2 N–H and O–H groups in total. The van der Waals surface area contributed by atoms with Crippen molar-refractivity contribution in [3.63, 3.8) is 0 Å². The Hall–Kier alpha value is -2.09. The van der Waals surface area contributed by atoms with Crippen LogP contribution in [-0.4, -0.2) is 22.6 Å². The summed E-state index contributed by atoms with van der Waals surface area (Å²) >= 11 is 0. The van der Waals surface area contributed by atoms with Gasteiger partial charge in [0.05, 0.1) is 11.6 Å². The van der Waals surface area contributed by atoms with Crippen LogP contribution >= 0.6 is 0 Å². The van der Waals surface area contributed by atoms with Crippen molar-refractivity contribution in [2.45, 2.75) is 32.6 Å². The number of nitriles is 1. The largest absolute Gasteiger partial charge is 0.481 e. The number of aliphatic carboxylic acids is 1. The number of pyridine rings is 1. The number of nitrogens with zero attached hydrogens (tertiary/aromatic N) is 2. The fourth-order valence-corrected chi connectivity index (χ4v) is 1.62. The van der Waals surface area contributed by atoms with Gasteiger partial charge in [-0.15, -0.1) is 0 Å². The van der Waals surface area contributed by atoms with Crippen molar-refractivity contribution in [2.24, 2.45) is 0 Å². The first-order valence-electron chi connectivity index (χ1n) is 5.96. The lowest BCUT2D eigenvalue weighted by Gasteiger charge is -2.06. The quantitative estimate of drug-likeness (QED) is 0.722. The van der Waals surface area contributed by atoms with Crippen LogP contribution < -0.4 is 5.32 Å². The van der Waals surface area contributed by atoms with Crippen LogP contribution in [0.2, 0.25) is 0 Å². The number of rotatable bonds is 7. The van der Waals surface area contributed by atoms with E-state index in [-0.39, 0.29) is 6.42 Å². The Morgan fingerprint density at radius 1 is 1.44 bits per heavy atom. The van der Waals surface area contributed by atoms with Gasteiger partial charge in [-0.1, -0.05) is 6.42 Å². The topological polar surface area (TPSA) is 86.0 Å². The summed E-state index contributed by atoms with van der Waals surface area (Å²) < 4.78 is 0. The van der Waals surface area contributed by atoms with E-state index in [1.54, 1.807) is 12.1 Å². The third-order valence-electron chi connectivity index (χ3n) is 2.46. The lowest BCUT2D eigenvalue weighted by atomic mass is 10.2. The summed E-state index contributed by atoms with van der Waals surface area (Å²) in [4.78, 5) is 14.6. The Morgan fingerprint density at radius 2 is 2.22 bits per heavy atom. The van der Waals surface area contributed by atoms with Crippen LogP contribution in [0.25, 0.3) is 0 Å². The molecule has 1 aromatic rings. The molecule has 0 amide bonds. The van der Waals surface area contributed by atoms with E-state index in [0.717, 1.165) is 25.1 Å². The number of hydrogen-bond donors (Lipinski definition) is 2. The van der Waals surface area contributed by atoms with Gasteiger partial charge in [0.1, 0.15) is 5.82 Å². The zero-order valence-corrected chi connectivity index (χ0v) is 10.4. The number of carbonyl (C=O) groups is 1. The summed E-state index contributed by atoms with van der Waals surface area (Å²) in [6.07, 6.45) is 2.68. The van der Waals surface area contributed by atoms with E-state index in [0.29, 0.717) is 17.8 Å². The lowest BCUT2D eigenvalue weighted by molar-refractivity contribution is -0.137. The number of hydrogen-bond acceptors (Lipinski definition) is 4. The van der Waals surface area contributed by atoms with Crippen molar-refractivity contribution < 1.29 is 9.90 Å². The minimum Gasteiger partial charge on any atom is -0.481 e. The molecule has 0 fully saturated rings. The number of aryl methyl sites for hydroxylation is 1. The van der Waals surface area contributed by atoms with Gasteiger partial charge in [-0.2, -0.15) is 5.26 Å². The fourth-order valence-electron chi connectivity index (χ4n) is 1.62. The molecule has 5 heteroatoms. The zero-order valence-electron chi connectivity index (χ0n) is 10.4. The average Bonchev–Trinajstić information content (AvgIpc) is 2.32. The number of nitrogens with one attached hydrogen (secondary N) is 1. The van der Waals surface area contributed by atoms with Gasteiger partial charge in [0.25, 0.3) is 0 Å². The van der Waals surface area contributed by atoms with Crippen molar-refractivity contribution in [2.75, 3.05) is 11.9 Å². The normalized spacial score (nSPS) is 9.78. The summed E-state index contributed by atoms with van der Waals surface area (Å²) in [5.74, 6) is -0.0493. The molecule has 0 aliphatic carbocycles. The first kappa shape index (κ1) is 14.0. The predicted octanol–water partition coefficient (Wildman–Crippen LogP) is 2.32. The second-order valence-electron chi connectivity index (χ2n) is 4.13. The number of aromatic nitrogens is 1. The van der Waals surface area contributed by atoms with Crippen LogP contribution in [0, 0.1) is 18.3 Å². The predicted molar refractivity (Wildman–Crippen MR) is 68.3 cm³/mol. The van der Waals surface area contributed by atoms with Crippen LogP contribution in [0.15, 0.2) is 12.1 Å². The standard InChI is InChI=1S/C13H17N3O2/c1-10-7-11(9-14)8-12(16-10)15-6-4-2-3-5-13(17)18/h7-8H,2-6H2,1H3,(H,15,16)(H,17,18). The van der Waals surface area contributed by atoms with E-state index in [1.807, 2.05) is 6.92 Å². The summed E-state index contributed by atoms with van der Waals surface area (Å²) in [6, 6.07) is 5.53. The number of carboxylic acids is 1. The van der Waals surface area contributed by atoms with E-state index in [1.165, 1.54) is 0 Å². The molecule has 0 aromatic carbocycles. The Labute approximate surface area is 106 Å². The number of unbranched alkanes of at least 4 members (excludes halogenated alkanes) is 2. The fraction of sp³-hybridized carbons (Fsp3) is 0.462. The minimum atomic E-state index is -0.748. The van der Waals surface area contributed by atoms with Crippen molar-refractivity contribution in [3.05, 3.63) is 23.4 Å². The Balaban J connectivity index is 2.29. The van der Waals surface area contributed by atoms with Gasteiger partial charge >= 0.3 is 5.97 Å². The average molecular weight is 247 g/mol. The van der Waals surface area contributed by atoms with Gasteiger partial charge in [-0.3, -0.25) is 4.79 Å². The molecular weight excluding hydrogens is 230 g/mol. The summed E-state index contributed by atoms with van der Waals surface area (Å²) in [6.45, 7) is 2.58. The summed E-state index contributed by atoms with van der Waals surface area (Å²) in [5.41, 5.74) is 1.40. The van der Waals surface area contributed by atoms with Crippen LogP contribution in [0.5, 0.6) is 0 Å². The van der Waals surface area contributed by atoms with Gasteiger partial charge in [0.2, 0.25) is 0 Å². The molecule has 1 aromatic heterocycles. The van der Waals surface area contributed by atoms with Crippen LogP contribution in [0.1, 0.15) is 36.9 Å². The van der Waals surface area contributed by atoms with Crippen LogP contribution in [0.3, 0.4) is 0 Å². The Morgan fingerprint density at radius 3 is 2.89 bits per heavy atom. The van der Waals surface area contributed by atoms with Crippen LogP contribution in [-0.2, 0) is 4.79 Å². The molecule has 0 unspecified atom stereocenters. The van der Waals surface area contributed by atoms with E-state index >= 15 is 0 Å². The third-order valence-corrected chi connectivity index (χ3v) is 2.46. The molecule has 0 saturated carbocycles. The SMILES string of the molecule is Cc1cc(C#N)cc(NCCCCCC(=O)O)n1. The first-order chi connectivity index (χ1) is 8.61. The molecule has 18 heavy (non-hydrogen) atoms. The minimum absolute atomic E-state index is 0.223. The van der Waals surface area contributed by atoms with Crippen molar-refractivity contribution in [1.29, 1.82) is 5.26 Å². The maximum Gasteiger partial charge on any atom is 0.303 e. The highest BCUT2D eigenvalue weighted by molar-refractivity contribution is 5.66. The van der Waals surface area contributed by atoms with E-state index in [4.69, 9.17) is 10.4 Å². The number of carboxylic acid groups (broad SMARTS) is 1. The molecule has 0 aliphatic heterocycles. The summed E-state index contributed by atoms with van der Waals surface area (Å²) in [5, 5.41) is 20.4. The molecular formula is C13H17N3O2. The van der Waals surface area contributed by atoms with Crippen LogP contribution in [0.4, 0.5) is 5.82 Å². The highest BCUT2D eigenvalue weighted by Gasteiger charge is 2.00. The first-order valence-corrected chi connectivity index (χ1v) is 5.96. The third kappa shape index (κ3) is 5.30. The molecule has 0 atom stereocenters. The molecule has 1 rings (SSSR count). The van der Waals surface area contributed by atoms with Gasteiger partial charge in [0.15, 0.2) is 0 Å². The molecule has 0 radical (unpaired) electrons. The second-order valence-corrected chi connectivity index (χ2v) is 4.13. The molecule has 5 nitrogen and oxygen atoms in total. The highest BCUT2D eigenvalue weighted by Crippen LogP contribution is 2.09. The van der Waals surface area contributed by atoms with Gasteiger partial charge in [-0.25, -0.2) is 4.98 Å². The van der Waals surface area contributed by atoms with E-state index in [2.05, 4.69) is 16.4 Å². The lowest BCUT2D eigenvalue weighted by Crippen LogP contribution is -2.04. The van der Waals surface area contributed by atoms with Gasteiger partial charge < -0.3 is 10.4 Å². The molecule has 0 spiro atoms. The molecule has 1 heterocycles. The Bertz CT molecular complexity index is 452. The molecule has 0 aliphatic rings. The van der Waals surface area contributed by atoms with Crippen molar-refractivity contribution in [3.8, 4) is 6.07 Å². The van der Waals surface area contributed by atoms with Crippen molar-refractivity contribution >= 4 is 11.8 Å². The second kappa shape index (κ2) is 7.28. The molecule has 0 bridgehead atoms. The van der Waals surface area contributed by atoms with E-state index in [9.17, 15) is 4.79 Å². The molecule has 0 saturated heterocycles. The van der Waals surface area contributed by atoms with Crippen molar-refractivity contribution in [1.82, 2.24) is 4.98 Å².